The number of rotatable bonds is 0. The fourth-order valence-electron chi connectivity index (χ4n) is 0.908. The molecule has 0 saturated heterocycles. The van der Waals surface area contributed by atoms with Gasteiger partial charge in [-0.15, -0.1) is 0 Å². The number of benzene rings is 1. The Morgan fingerprint density at radius 1 is 1.46 bits per heavy atom. The lowest BCUT2D eigenvalue weighted by Crippen LogP contribution is -1.82. The minimum Gasteiger partial charge on any atom is -0.207 e. The second-order valence-corrected chi connectivity index (χ2v) is 2.60. The van der Waals surface area contributed by atoms with Crippen LogP contribution < -0.4 is 0 Å². The van der Waals surface area contributed by atoms with Crippen molar-refractivity contribution in [3.05, 3.63) is 35.1 Å². The van der Waals surface area contributed by atoms with E-state index in [0.717, 1.165) is 5.56 Å². The number of aryl methyl sites for hydroxylation is 1. The molecule has 0 amide bonds. The van der Waals surface area contributed by atoms with Crippen LogP contribution in [0.5, 0.6) is 0 Å². The number of halogens is 1. The molecule has 0 aromatic heterocycles. The van der Waals surface area contributed by atoms with Crippen molar-refractivity contribution in [1.82, 2.24) is 0 Å². The summed E-state index contributed by atoms with van der Waals surface area (Å²) in [5.41, 5.74) is 1.32. The Morgan fingerprint density at radius 3 is 2.85 bits per heavy atom. The normalized spacial score (nSPS) is 8.38. The van der Waals surface area contributed by atoms with Gasteiger partial charge in [0.05, 0.1) is 12.5 Å². The number of hydrogen-bond acceptors (Lipinski definition) is 1. The van der Waals surface area contributed by atoms with Gasteiger partial charge in [0.15, 0.2) is 0 Å². The Labute approximate surface area is 76.8 Å². The van der Waals surface area contributed by atoms with Crippen molar-refractivity contribution >= 4 is 0 Å². The average Bonchev–Trinajstić information content (AvgIpc) is 2.12. The van der Waals surface area contributed by atoms with Gasteiger partial charge in [-0.05, 0) is 30.7 Å². The van der Waals surface area contributed by atoms with E-state index in [0.29, 0.717) is 5.56 Å². The second kappa shape index (κ2) is 4.28. The molecule has 0 atom stereocenters. The van der Waals surface area contributed by atoms with Crippen molar-refractivity contribution in [2.24, 2.45) is 0 Å². The molecule has 0 aliphatic carbocycles. The highest BCUT2D eigenvalue weighted by atomic mass is 19.1. The summed E-state index contributed by atoms with van der Waals surface area (Å²) in [6.45, 7) is 1.69. The molecular formula is C11H8FN. The fraction of sp³-hybridized carbons (Fsp3) is 0.182. The van der Waals surface area contributed by atoms with E-state index in [-0.39, 0.29) is 12.2 Å². The molecule has 0 unspecified atom stereocenters. The zero-order chi connectivity index (χ0) is 9.68. The molecule has 13 heavy (non-hydrogen) atoms. The largest absolute Gasteiger partial charge is 0.207 e. The van der Waals surface area contributed by atoms with Crippen LogP contribution in [-0.4, -0.2) is 0 Å². The highest BCUT2D eigenvalue weighted by molar-refractivity contribution is 5.37. The Balaban J connectivity index is 2.89. The van der Waals surface area contributed by atoms with E-state index >= 15 is 0 Å². The second-order valence-electron chi connectivity index (χ2n) is 2.60. The van der Waals surface area contributed by atoms with Crippen molar-refractivity contribution < 1.29 is 4.39 Å². The standard InChI is InChI=1S/C11H8FN/c1-9-8-10(4-2-3-7-13)5-6-11(9)12/h5-6,8H,3H2,1H3. The van der Waals surface area contributed by atoms with Crippen LogP contribution in [-0.2, 0) is 0 Å². The monoisotopic (exact) mass is 173 g/mol. The van der Waals surface area contributed by atoms with Crippen LogP contribution in [0.3, 0.4) is 0 Å². The molecule has 0 saturated carbocycles. The highest BCUT2D eigenvalue weighted by Crippen LogP contribution is 2.07. The van der Waals surface area contributed by atoms with Crippen LogP contribution in [0.2, 0.25) is 0 Å². The van der Waals surface area contributed by atoms with Crippen LogP contribution in [0.25, 0.3) is 0 Å². The molecule has 0 bridgehead atoms. The topological polar surface area (TPSA) is 23.8 Å². The third-order valence-corrected chi connectivity index (χ3v) is 1.56. The number of nitriles is 1. The van der Waals surface area contributed by atoms with Gasteiger partial charge in [-0.1, -0.05) is 11.8 Å². The molecule has 1 nitrogen and oxygen atoms in total. The maximum absolute atomic E-state index is 12.8. The first-order chi connectivity index (χ1) is 6.24. The summed E-state index contributed by atoms with van der Waals surface area (Å²) < 4.78 is 12.8. The van der Waals surface area contributed by atoms with Crippen LogP contribution >= 0.6 is 0 Å². The summed E-state index contributed by atoms with van der Waals surface area (Å²) in [5.74, 6) is 5.21. The van der Waals surface area contributed by atoms with Crippen LogP contribution in [0.1, 0.15) is 17.5 Å². The van der Waals surface area contributed by atoms with Gasteiger partial charge in [0.2, 0.25) is 0 Å². The van der Waals surface area contributed by atoms with Crippen LogP contribution in [0, 0.1) is 35.9 Å². The summed E-state index contributed by atoms with van der Waals surface area (Å²) in [7, 11) is 0. The molecule has 0 aliphatic rings. The molecule has 2 heteroatoms. The first-order valence-corrected chi connectivity index (χ1v) is 3.86. The number of nitrogens with zero attached hydrogens (tertiary/aromatic N) is 1. The third-order valence-electron chi connectivity index (χ3n) is 1.56. The molecular weight excluding hydrogens is 165 g/mol. The van der Waals surface area contributed by atoms with Crippen molar-refractivity contribution in [3.8, 4) is 17.9 Å². The van der Waals surface area contributed by atoms with Crippen LogP contribution in [0.15, 0.2) is 18.2 Å². The first kappa shape index (κ1) is 9.29. The molecule has 1 aromatic carbocycles. The van der Waals surface area contributed by atoms with Crippen LogP contribution in [0.4, 0.5) is 4.39 Å². The maximum Gasteiger partial charge on any atom is 0.126 e. The molecule has 0 fully saturated rings. The van der Waals surface area contributed by atoms with Crippen molar-refractivity contribution in [2.45, 2.75) is 13.3 Å². The quantitative estimate of drug-likeness (QED) is 0.552. The zero-order valence-corrected chi connectivity index (χ0v) is 7.26. The summed E-state index contributed by atoms with van der Waals surface area (Å²) >= 11 is 0. The Hall–Kier alpha value is -1.80. The Bertz CT molecular complexity index is 404. The molecule has 1 aromatic rings. The van der Waals surface area contributed by atoms with E-state index < -0.39 is 0 Å². The lowest BCUT2D eigenvalue weighted by atomic mass is 10.1. The predicted molar refractivity (Wildman–Crippen MR) is 48.2 cm³/mol. The number of hydrogen-bond donors (Lipinski definition) is 0. The Kier molecular flexibility index (Phi) is 3.06. The predicted octanol–water partition coefficient (Wildman–Crippen LogP) is 2.40. The van der Waals surface area contributed by atoms with Crippen molar-refractivity contribution in [3.63, 3.8) is 0 Å². The van der Waals surface area contributed by atoms with E-state index in [1.807, 2.05) is 6.07 Å². The minimum absolute atomic E-state index is 0.205. The van der Waals surface area contributed by atoms with E-state index in [1.165, 1.54) is 6.07 Å². The Morgan fingerprint density at radius 2 is 2.23 bits per heavy atom. The minimum atomic E-state index is -0.231. The van der Waals surface area contributed by atoms with E-state index in [9.17, 15) is 4.39 Å². The molecule has 1 rings (SSSR count). The van der Waals surface area contributed by atoms with Gasteiger partial charge in [0.25, 0.3) is 0 Å². The summed E-state index contributed by atoms with van der Waals surface area (Å²) in [4.78, 5) is 0. The fourth-order valence-corrected chi connectivity index (χ4v) is 0.908. The lowest BCUT2D eigenvalue weighted by molar-refractivity contribution is 0.618. The molecule has 0 spiro atoms. The lowest BCUT2D eigenvalue weighted by Gasteiger charge is -1.95. The summed E-state index contributed by atoms with van der Waals surface area (Å²) in [6, 6.07) is 6.57. The van der Waals surface area contributed by atoms with Gasteiger partial charge in [0.1, 0.15) is 5.82 Å². The van der Waals surface area contributed by atoms with Gasteiger partial charge in [-0.25, -0.2) is 4.39 Å². The van der Waals surface area contributed by atoms with E-state index in [2.05, 4.69) is 11.8 Å². The molecule has 0 aliphatic heterocycles. The SMILES string of the molecule is Cc1cc(C#CCC#N)ccc1F. The molecule has 0 heterocycles. The van der Waals surface area contributed by atoms with Crippen molar-refractivity contribution in [2.75, 3.05) is 0 Å². The molecule has 0 N–H and O–H groups in total. The first-order valence-electron chi connectivity index (χ1n) is 3.86. The van der Waals surface area contributed by atoms with E-state index in [1.54, 1.807) is 19.1 Å². The highest BCUT2D eigenvalue weighted by Gasteiger charge is 1.95. The smallest absolute Gasteiger partial charge is 0.126 e. The maximum atomic E-state index is 12.8. The molecule has 64 valence electrons. The third kappa shape index (κ3) is 2.61. The summed E-state index contributed by atoms with van der Waals surface area (Å²) in [5, 5.41) is 8.23. The van der Waals surface area contributed by atoms with Gasteiger partial charge in [-0.2, -0.15) is 5.26 Å². The van der Waals surface area contributed by atoms with Crippen molar-refractivity contribution in [1.29, 1.82) is 5.26 Å². The van der Waals surface area contributed by atoms with Gasteiger partial charge in [-0.3, -0.25) is 0 Å². The average molecular weight is 173 g/mol. The van der Waals surface area contributed by atoms with E-state index in [4.69, 9.17) is 5.26 Å². The van der Waals surface area contributed by atoms with Gasteiger partial charge >= 0.3 is 0 Å². The van der Waals surface area contributed by atoms with Gasteiger partial charge < -0.3 is 0 Å². The van der Waals surface area contributed by atoms with Gasteiger partial charge in [0, 0.05) is 5.56 Å². The molecule has 0 radical (unpaired) electrons. The summed E-state index contributed by atoms with van der Waals surface area (Å²) in [6.07, 6.45) is 0.205. The zero-order valence-electron chi connectivity index (χ0n) is 7.26.